The minimum absolute atomic E-state index is 0.441. The van der Waals surface area contributed by atoms with Crippen molar-refractivity contribution in [1.29, 1.82) is 0 Å². The quantitative estimate of drug-likeness (QED) is 0.806. The van der Waals surface area contributed by atoms with Crippen LogP contribution in [0.3, 0.4) is 0 Å². The second-order valence-electron chi connectivity index (χ2n) is 3.52. The first-order valence-corrected chi connectivity index (χ1v) is 5.63. The summed E-state index contributed by atoms with van der Waals surface area (Å²) in [5.41, 5.74) is 7.84. The van der Waals surface area contributed by atoms with Crippen molar-refractivity contribution >= 4 is 38.3 Å². The molecule has 0 saturated carbocycles. The minimum atomic E-state index is 0.441. The summed E-state index contributed by atoms with van der Waals surface area (Å²) >= 11 is 7.51. The third-order valence-electron chi connectivity index (χ3n) is 2.17. The molecule has 0 bridgehead atoms. The van der Waals surface area contributed by atoms with E-state index in [1.807, 2.05) is 12.1 Å². The van der Waals surface area contributed by atoms with Gasteiger partial charge in [0.25, 0.3) is 0 Å². The summed E-state index contributed by atoms with van der Waals surface area (Å²) in [5, 5.41) is 1.31. The van der Waals surface area contributed by atoms with Gasteiger partial charge in [-0.15, -0.1) is 0 Å². The van der Waals surface area contributed by atoms with Crippen LogP contribution in [0.4, 0.5) is 5.13 Å². The van der Waals surface area contributed by atoms with Crippen LogP contribution in [0.1, 0.15) is 25.3 Å². The molecular formula is C10H11ClN2S. The zero-order chi connectivity index (χ0) is 10.3. The number of nitrogens with two attached hydrogens (primary N) is 1. The molecule has 0 saturated heterocycles. The van der Waals surface area contributed by atoms with Crippen molar-refractivity contribution in [3.63, 3.8) is 0 Å². The van der Waals surface area contributed by atoms with Crippen LogP contribution < -0.4 is 5.73 Å². The number of thiazole rings is 1. The van der Waals surface area contributed by atoms with Crippen LogP contribution >= 0.6 is 22.9 Å². The molecule has 4 heteroatoms. The number of halogens is 1. The van der Waals surface area contributed by atoms with Crippen LogP contribution in [0.5, 0.6) is 0 Å². The molecule has 0 spiro atoms. The summed E-state index contributed by atoms with van der Waals surface area (Å²) in [7, 11) is 0. The molecule has 2 N–H and O–H groups in total. The summed E-state index contributed by atoms with van der Waals surface area (Å²) in [4.78, 5) is 4.31. The first-order chi connectivity index (χ1) is 6.59. The van der Waals surface area contributed by atoms with Crippen LogP contribution in [0.25, 0.3) is 10.2 Å². The summed E-state index contributed by atoms with van der Waals surface area (Å²) in [6.07, 6.45) is 0. The van der Waals surface area contributed by atoms with Gasteiger partial charge < -0.3 is 5.73 Å². The lowest BCUT2D eigenvalue weighted by atomic mass is 10.0. The third-order valence-corrected chi connectivity index (χ3v) is 3.51. The number of anilines is 1. The molecule has 2 rings (SSSR count). The Kier molecular flexibility index (Phi) is 2.37. The lowest BCUT2D eigenvalue weighted by Crippen LogP contribution is -1.89. The highest BCUT2D eigenvalue weighted by Gasteiger charge is 2.11. The Bertz CT molecular complexity index is 476. The van der Waals surface area contributed by atoms with E-state index in [0.717, 1.165) is 15.2 Å². The number of nitrogens with zero attached hydrogens (tertiary/aromatic N) is 1. The molecule has 0 aliphatic carbocycles. The highest BCUT2D eigenvalue weighted by Crippen LogP contribution is 2.35. The largest absolute Gasteiger partial charge is 0.375 e. The molecule has 1 heterocycles. The van der Waals surface area contributed by atoms with Crippen molar-refractivity contribution in [2.75, 3.05) is 5.73 Å². The number of fused-ring (bicyclic) bond motifs is 1. The van der Waals surface area contributed by atoms with Crippen LogP contribution in [0.2, 0.25) is 5.02 Å². The number of rotatable bonds is 1. The molecule has 0 fully saturated rings. The minimum Gasteiger partial charge on any atom is -0.375 e. The lowest BCUT2D eigenvalue weighted by Gasteiger charge is -2.05. The van der Waals surface area contributed by atoms with Gasteiger partial charge in [0.1, 0.15) is 0 Å². The highest BCUT2D eigenvalue weighted by molar-refractivity contribution is 7.22. The lowest BCUT2D eigenvalue weighted by molar-refractivity contribution is 0.874. The van der Waals surface area contributed by atoms with Gasteiger partial charge >= 0.3 is 0 Å². The first-order valence-electron chi connectivity index (χ1n) is 4.44. The Hall–Kier alpha value is -0.800. The van der Waals surface area contributed by atoms with Crippen molar-refractivity contribution in [2.24, 2.45) is 0 Å². The predicted molar refractivity (Wildman–Crippen MR) is 63.1 cm³/mol. The average Bonchev–Trinajstić information content (AvgIpc) is 2.47. The summed E-state index contributed by atoms with van der Waals surface area (Å²) in [6.45, 7) is 4.27. The molecular weight excluding hydrogens is 216 g/mol. The SMILES string of the molecule is CC(C)c1ccc(Cl)c2sc(N)nc12. The van der Waals surface area contributed by atoms with Crippen LogP contribution in [-0.4, -0.2) is 4.98 Å². The molecule has 0 unspecified atom stereocenters. The van der Waals surface area contributed by atoms with Gasteiger partial charge in [0.15, 0.2) is 5.13 Å². The summed E-state index contributed by atoms with van der Waals surface area (Å²) in [6, 6.07) is 3.94. The summed E-state index contributed by atoms with van der Waals surface area (Å²) < 4.78 is 0.996. The van der Waals surface area contributed by atoms with E-state index in [0.29, 0.717) is 11.0 Å². The van der Waals surface area contributed by atoms with Gasteiger partial charge in [0.05, 0.1) is 15.2 Å². The van der Waals surface area contributed by atoms with Crippen molar-refractivity contribution < 1.29 is 0 Å². The monoisotopic (exact) mass is 226 g/mol. The Morgan fingerprint density at radius 2 is 2.14 bits per heavy atom. The van der Waals surface area contributed by atoms with E-state index in [-0.39, 0.29) is 0 Å². The Morgan fingerprint density at radius 1 is 1.43 bits per heavy atom. The molecule has 0 radical (unpaired) electrons. The molecule has 0 amide bonds. The Labute approximate surface area is 91.7 Å². The fourth-order valence-corrected chi connectivity index (χ4v) is 2.52. The zero-order valence-corrected chi connectivity index (χ0v) is 9.62. The van der Waals surface area contributed by atoms with Gasteiger partial charge in [-0.05, 0) is 17.5 Å². The zero-order valence-electron chi connectivity index (χ0n) is 8.04. The molecule has 1 aromatic heterocycles. The molecule has 0 aliphatic heterocycles. The highest BCUT2D eigenvalue weighted by atomic mass is 35.5. The molecule has 0 atom stereocenters. The first kappa shape index (κ1) is 9.74. The van der Waals surface area contributed by atoms with E-state index < -0.39 is 0 Å². The van der Waals surface area contributed by atoms with E-state index in [1.165, 1.54) is 16.9 Å². The van der Waals surface area contributed by atoms with Crippen molar-refractivity contribution in [1.82, 2.24) is 4.98 Å². The van der Waals surface area contributed by atoms with E-state index in [4.69, 9.17) is 17.3 Å². The topological polar surface area (TPSA) is 38.9 Å². The van der Waals surface area contributed by atoms with Crippen LogP contribution in [0.15, 0.2) is 12.1 Å². The van der Waals surface area contributed by atoms with Crippen LogP contribution in [0, 0.1) is 0 Å². The molecule has 2 nitrogen and oxygen atoms in total. The van der Waals surface area contributed by atoms with Gasteiger partial charge in [-0.2, -0.15) is 0 Å². The van der Waals surface area contributed by atoms with Crippen molar-refractivity contribution in [3.8, 4) is 0 Å². The normalized spacial score (nSPS) is 11.4. The smallest absolute Gasteiger partial charge is 0.181 e. The van der Waals surface area contributed by atoms with Crippen molar-refractivity contribution in [3.05, 3.63) is 22.7 Å². The Morgan fingerprint density at radius 3 is 2.79 bits per heavy atom. The number of hydrogen-bond acceptors (Lipinski definition) is 3. The van der Waals surface area contributed by atoms with Gasteiger partial charge in [0.2, 0.25) is 0 Å². The fraction of sp³-hybridized carbons (Fsp3) is 0.300. The summed E-state index contributed by atoms with van der Waals surface area (Å²) in [5.74, 6) is 0.441. The number of hydrogen-bond donors (Lipinski definition) is 1. The van der Waals surface area contributed by atoms with Crippen LogP contribution in [-0.2, 0) is 0 Å². The average molecular weight is 227 g/mol. The molecule has 1 aromatic carbocycles. The van der Waals surface area contributed by atoms with E-state index in [9.17, 15) is 0 Å². The molecule has 74 valence electrons. The maximum atomic E-state index is 6.06. The number of nitrogen functional groups attached to an aromatic ring is 1. The van der Waals surface area contributed by atoms with E-state index >= 15 is 0 Å². The predicted octanol–water partition coefficient (Wildman–Crippen LogP) is 3.66. The van der Waals surface area contributed by atoms with Gasteiger partial charge in [0, 0.05) is 0 Å². The maximum Gasteiger partial charge on any atom is 0.181 e. The van der Waals surface area contributed by atoms with E-state index in [1.54, 1.807) is 0 Å². The van der Waals surface area contributed by atoms with Gasteiger partial charge in [-0.1, -0.05) is 42.9 Å². The standard InChI is InChI=1S/C10H11ClN2S/c1-5(2)6-3-4-7(11)9-8(6)13-10(12)14-9/h3-5H,1-2H3,(H2,12,13). The van der Waals surface area contributed by atoms with Crippen molar-refractivity contribution in [2.45, 2.75) is 19.8 Å². The number of aromatic nitrogens is 1. The Balaban J connectivity index is 2.81. The molecule has 0 aliphatic rings. The molecule has 2 aromatic rings. The fourth-order valence-electron chi connectivity index (χ4n) is 1.48. The maximum absolute atomic E-state index is 6.06. The molecule has 14 heavy (non-hydrogen) atoms. The second-order valence-corrected chi connectivity index (χ2v) is 4.96. The van der Waals surface area contributed by atoms with Gasteiger partial charge in [-0.3, -0.25) is 0 Å². The second kappa shape index (κ2) is 3.41. The van der Waals surface area contributed by atoms with Gasteiger partial charge in [-0.25, -0.2) is 4.98 Å². The van der Waals surface area contributed by atoms with E-state index in [2.05, 4.69) is 18.8 Å². The third kappa shape index (κ3) is 1.47. The number of benzene rings is 1.